The van der Waals surface area contributed by atoms with Gasteiger partial charge in [0.05, 0.1) is 0 Å². The molecule has 0 saturated heterocycles. The van der Waals surface area contributed by atoms with Crippen molar-refractivity contribution in [2.24, 2.45) is 5.73 Å². The van der Waals surface area contributed by atoms with Crippen LogP contribution >= 0.6 is 0 Å². The number of carbonyl (C=O) groups excluding carboxylic acids is 1. The summed E-state index contributed by atoms with van der Waals surface area (Å²) in [5.74, 6) is -0.0594. The Morgan fingerprint density at radius 1 is 1.44 bits per heavy atom. The Labute approximate surface area is 108 Å². The van der Waals surface area contributed by atoms with Crippen molar-refractivity contribution in [1.29, 1.82) is 0 Å². The van der Waals surface area contributed by atoms with Crippen molar-refractivity contribution >= 4 is 11.6 Å². The minimum absolute atomic E-state index is 0.0594. The van der Waals surface area contributed by atoms with E-state index in [2.05, 4.69) is 0 Å². The zero-order valence-electron chi connectivity index (χ0n) is 11.5. The van der Waals surface area contributed by atoms with Crippen LogP contribution in [0.2, 0.25) is 0 Å². The maximum absolute atomic E-state index is 13.8. The van der Waals surface area contributed by atoms with Crippen LogP contribution in [0, 0.1) is 6.92 Å². The minimum Gasteiger partial charge on any atom is -0.329 e. The van der Waals surface area contributed by atoms with E-state index in [0.29, 0.717) is 18.7 Å². The highest BCUT2D eigenvalue weighted by molar-refractivity contribution is 5.92. The lowest BCUT2D eigenvalue weighted by molar-refractivity contribution is -0.116. The van der Waals surface area contributed by atoms with Gasteiger partial charge >= 0.3 is 0 Å². The fraction of sp³-hybridized carbons (Fsp3) is 0.500. The molecule has 0 unspecified atom stereocenters. The first-order valence-corrected chi connectivity index (χ1v) is 6.05. The Morgan fingerprint density at radius 2 is 2.06 bits per heavy atom. The summed E-state index contributed by atoms with van der Waals surface area (Å²) in [4.78, 5) is 13.2. The van der Waals surface area contributed by atoms with Crippen LogP contribution in [0.4, 0.5) is 10.1 Å². The molecule has 2 N–H and O–H groups in total. The van der Waals surface area contributed by atoms with Crippen molar-refractivity contribution in [3.8, 4) is 0 Å². The van der Waals surface area contributed by atoms with Gasteiger partial charge in [-0.15, -0.1) is 0 Å². The number of rotatable bonds is 4. The molecule has 0 aliphatic rings. The highest BCUT2D eigenvalue weighted by Crippen LogP contribution is 2.29. The van der Waals surface area contributed by atoms with Crippen molar-refractivity contribution in [2.45, 2.75) is 33.4 Å². The van der Waals surface area contributed by atoms with E-state index in [0.717, 1.165) is 11.3 Å². The SMILES string of the molecule is CC(=O)N(CCN)c1ccc(C(C)(C)F)cc1C. The van der Waals surface area contributed by atoms with E-state index in [9.17, 15) is 9.18 Å². The van der Waals surface area contributed by atoms with Gasteiger partial charge in [-0.25, -0.2) is 4.39 Å². The van der Waals surface area contributed by atoms with Gasteiger partial charge in [-0.3, -0.25) is 4.79 Å². The van der Waals surface area contributed by atoms with E-state index in [1.54, 1.807) is 23.1 Å². The number of alkyl halides is 1. The number of halogens is 1. The molecule has 0 saturated carbocycles. The minimum atomic E-state index is -1.38. The molecule has 0 atom stereocenters. The molecule has 0 bridgehead atoms. The molecule has 0 heterocycles. The van der Waals surface area contributed by atoms with E-state index >= 15 is 0 Å². The highest BCUT2D eigenvalue weighted by Gasteiger charge is 2.21. The van der Waals surface area contributed by atoms with Gasteiger partial charge in [-0.2, -0.15) is 0 Å². The Kier molecular flexibility index (Phi) is 4.46. The third-order valence-corrected chi connectivity index (χ3v) is 2.91. The van der Waals surface area contributed by atoms with Gasteiger partial charge in [-0.05, 0) is 38.0 Å². The molecule has 0 fully saturated rings. The fourth-order valence-corrected chi connectivity index (χ4v) is 1.90. The van der Waals surface area contributed by atoms with E-state index < -0.39 is 5.67 Å². The lowest BCUT2D eigenvalue weighted by Gasteiger charge is -2.24. The predicted molar refractivity (Wildman–Crippen MR) is 72.4 cm³/mol. The molecule has 0 aromatic heterocycles. The summed E-state index contributed by atoms with van der Waals surface area (Å²) in [5.41, 5.74) is 6.40. The van der Waals surface area contributed by atoms with Gasteiger partial charge in [-0.1, -0.05) is 12.1 Å². The lowest BCUT2D eigenvalue weighted by Crippen LogP contribution is -2.34. The van der Waals surface area contributed by atoms with Crippen LogP contribution in [0.25, 0.3) is 0 Å². The van der Waals surface area contributed by atoms with E-state index in [-0.39, 0.29) is 5.91 Å². The largest absolute Gasteiger partial charge is 0.329 e. The van der Waals surface area contributed by atoms with Crippen LogP contribution in [-0.2, 0) is 10.5 Å². The maximum Gasteiger partial charge on any atom is 0.223 e. The molecule has 0 aliphatic carbocycles. The molecule has 0 aliphatic heterocycles. The molecular formula is C14H21FN2O. The Morgan fingerprint density at radius 3 is 2.44 bits per heavy atom. The zero-order chi connectivity index (χ0) is 13.9. The number of hydrogen-bond donors (Lipinski definition) is 1. The van der Waals surface area contributed by atoms with Gasteiger partial charge in [0.25, 0.3) is 0 Å². The maximum atomic E-state index is 13.8. The second kappa shape index (κ2) is 5.48. The topological polar surface area (TPSA) is 46.3 Å². The monoisotopic (exact) mass is 252 g/mol. The molecule has 1 rings (SSSR count). The standard InChI is InChI=1S/C14H21FN2O/c1-10-9-12(14(3,4)15)5-6-13(10)17(8-7-16)11(2)18/h5-6,9H,7-8,16H2,1-4H3. The number of carbonyl (C=O) groups is 1. The molecule has 1 amide bonds. The second-order valence-electron chi connectivity index (χ2n) is 4.93. The average molecular weight is 252 g/mol. The molecule has 18 heavy (non-hydrogen) atoms. The van der Waals surface area contributed by atoms with Gasteiger partial charge in [0.1, 0.15) is 5.67 Å². The number of amides is 1. The summed E-state index contributed by atoms with van der Waals surface area (Å²) in [6.07, 6.45) is 0. The summed E-state index contributed by atoms with van der Waals surface area (Å²) in [5, 5.41) is 0. The molecule has 0 spiro atoms. The third-order valence-electron chi connectivity index (χ3n) is 2.91. The molecule has 0 radical (unpaired) electrons. The van der Waals surface area contributed by atoms with Crippen LogP contribution in [0.1, 0.15) is 31.9 Å². The van der Waals surface area contributed by atoms with Crippen molar-refractivity contribution in [1.82, 2.24) is 0 Å². The van der Waals surface area contributed by atoms with Gasteiger partial charge in [0.15, 0.2) is 0 Å². The van der Waals surface area contributed by atoms with E-state index in [1.165, 1.54) is 20.8 Å². The van der Waals surface area contributed by atoms with Crippen LogP contribution < -0.4 is 10.6 Å². The number of nitrogens with two attached hydrogens (primary N) is 1. The van der Waals surface area contributed by atoms with Gasteiger partial charge in [0, 0.05) is 25.7 Å². The number of hydrogen-bond acceptors (Lipinski definition) is 2. The van der Waals surface area contributed by atoms with Crippen LogP contribution in [0.3, 0.4) is 0 Å². The molecule has 100 valence electrons. The van der Waals surface area contributed by atoms with Crippen molar-refractivity contribution in [3.05, 3.63) is 29.3 Å². The summed E-state index contributed by atoms with van der Waals surface area (Å²) >= 11 is 0. The Balaban J connectivity index is 3.15. The van der Waals surface area contributed by atoms with Crippen LogP contribution in [-0.4, -0.2) is 19.0 Å². The molecule has 4 heteroatoms. The Hall–Kier alpha value is -1.42. The average Bonchev–Trinajstić information content (AvgIpc) is 2.24. The second-order valence-corrected chi connectivity index (χ2v) is 4.93. The summed E-state index contributed by atoms with van der Waals surface area (Å²) in [6.45, 7) is 7.27. The molecule has 3 nitrogen and oxygen atoms in total. The van der Waals surface area contributed by atoms with Gasteiger partial charge in [0.2, 0.25) is 5.91 Å². The Bertz CT molecular complexity index is 438. The lowest BCUT2D eigenvalue weighted by atomic mass is 9.97. The van der Waals surface area contributed by atoms with Gasteiger partial charge < -0.3 is 10.6 Å². The predicted octanol–water partition coefficient (Wildman–Crippen LogP) is 2.51. The first kappa shape index (κ1) is 14.6. The van der Waals surface area contributed by atoms with E-state index in [1.807, 2.05) is 6.92 Å². The van der Waals surface area contributed by atoms with Crippen molar-refractivity contribution in [2.75, 3.05) is 18.0 Å². The summed E-state index contributed by atoms with van der Waals surface area (Å²) in [7, 11) is 0. The van der Waals surface area contributed by atoms with Crippen molar-refractivity contribution in [3.63, 3.8) is 0 Å². The summed E-state index contributed by atoms with van der Waals surface area (Å²) < 4.78 is 13.8. The number of benzene rings is 1. The zero-order valence-corrected chi connectivity index (χ0v) is 11.5. The molecule has 1 aromatic carbocycles. The number of nitrogens with zero attached hydrogens (tertiary/aromatic N) is 1. The van der Waals surface area contributed by atoms with Crippen molar-refractivity contribution < 1.29 is 9.18 Å². The third kappa shape index (κ3) is 3.29. The first-order valence-electron chi connectivity index (χ1n) is 6.05. The quantitative estimate of drug-likeness (QED) is 0.895. The molecular weight excluding hydrogens is 231 g/mol. The van der Waals surface area contributed by atoms with Crippen LogP contribution in [0.15, 0.2) is 18.2 Å². The number of anilines is 1. The van der Waals surface area contributed by atoms with Crippen LogP contribution in [0.5, 0.6) is 0 Å². The normalized spacial score (nSPS) is 11.4. The smallest absolute Gasteiger partial charge is 0.223 e. The summed E-state index contributed by atoms with van der Waals surface area (Å²) in [6, 6.07) is 5.28. The van der Waals surface area contributed by atoms with E-state index in [4.69, 9.17) is 5.73 Å². The fourth-order valence-electron chi connectivity index (χ4n) is 1.90. The molecule has 1 aromatic rings. The highest BCUT2D eigenvalue weighted by atomic mass is 19.1. The number of aryl methyl sites for hydroxylation is 1. The first-order chi connectivity index (χ1) is 8.27.